The maximum atomic E-state index is 12.1. The highest BCUT2D eigenvalue weighted by atomic mass is 16.5. The smallest absolute Gasteiger partial charge is 0.234 e. The third-order valence-electron chi connectivity index (χ3n) is 3.76. The van der Waals surface area contributed by atoms with Crippen molar-refractivity contribution in [3.05, 3.63) is 42.2 Å². The Morgan fingerprint density at radius 2 is 2.26 bits per heavy atom. The lowest BCUT2D eigenvalue weighted by Crippen LogP contribution is -2.38. The molecule has 122 valence electrons. The molecule has 0 bridgehead atoms. The summed E-state index contributed by atoms with van der Waals surface area (Å²) in [4.78, 5) is 14.2. The number of fused-ring (bicyclic) bond motifs is 1. The zero-order valence-electron chi connectivity index (χ0n) is 13.0. The van der Waals surface area contributed by atoms with Gasteiger partial charge in [0.2, 0.25) is 5.91 Å². The number of aryl methyl sites for hydroxylation is 1. The molecule has 0 unspecified atom stereocenters. The van der Waals surface area contributed by atoms with Gasteiger partial charge >= 0.3 is 0 Å². The number of benzene rings is 1. The molecule has 0 saturated carbocycles. The van der Waals surface area contributed by atoms with Crippen LogP contribution in [0.5, 0.6) is 5.75 Å². The van der Waals surface area contributed by atoms with Crippen molar-refractivity contribution in [3.8, 4) is 5.75 Å². The summed E-state index contributed by atoms with van der Waals surface area (Å²) in [5.74, 6) is 0.964. The van der Waals surface area contributed by atoms with Crippen LogP contribution in [0.15, 0.2) is 36.7 Å². The zero-order chi connectivity index (χ0) is 15.9. The molecular weight excluding hydrogens is 294 g/mol. The molecule has 1 aromatic heterocycles. The molecule has 0 spiro atoms. The summed E-state index contributed by atoms with van der Waals surface area (Å²) in [6, 6.07) is 7.99. The Bertz CT molecular complexity index is 629. The van der Waals surface area contributed by atoms with Crippen LogP contribution in [-0.2, 0) is 17.9 Å². The number of hydrogen-bond acceptors (Lipinski definition) is 5. The van der Waals surface area contributed by atoms with E-state index in [0.29, 0.717) is 19.7 Å². The molecule has 2 aromatic rings. The average molecular weight is 315 g/mol. The highest BCUT2D eigenvalue weighted by Gasteiger charge is 2.16. The van der Waals surface area contributed by atoms with Crippen LogP contribution < -0.4 is 10.1 Å². The minimum Gasteiger partial charge on any atom is -0.492 e. The molecule has 3 rings (SSSR count). The third kappa shape index (κ3) is 4.53. The predicted molar refractivity (Wildman–Crippen MR) is 84.9 cm³/mol. The van der Waals surface area contributed by atoms with E-state index >= 15 is 0 Å². The van der Waals surface area contributed by atoms with Crippen LogP contribution in [0.3, 0.4) is 0 Å². The van der Waals surface area contributed by atoms with Gasteiger partial charge in [0.05, 0.1) is 12.7 Å². The molecule has 1 amide bonds. The van der Waals surface area contributed by atoms with Crippen molar-refractivity contribution in [1.29, 1.82) is 0 Å². The van der Waals surface area contributed by atoms with Gasteiger partial charge in [-0.25, -0.2) is 0 Å². The van der Waals surface area contributed by atoms with Crippen molar-refractivity contribution >= 4 is 5.91 Å². The van der Waals surface area contributed by atoms with Gasteiger partial charge in [-0.05, 0) is 12.5 Å². The second-order valence-corrected chi connectivity index (χ2v) is 5.54. The second kappa shape index (κ2) is 7.73. The first-order chi connectivity index (χ1) is 11.3. The maximum Gasteiger partial charge on any atom is 0.234 e. The fourth-order valence-electron chi connectivity index (χ4n) is 2.59. The molecule has 2 heterocycles. The molecule has 1 aliphatic heterocycles. The van der Waals surface area contributed by atoms with Gasteiger partial charge in [0.1, 0.15) is 12.4 Å². The van der Waals surface area contributed by atoms with E-state index in [4.69, 9.17) is 4.74 Å². The van der Waals surface area contributed by atoms with Gasteiger partial charge < -0.3 is 10.1 Å². The normalized spacial score (nSPS) is 14.6. The van der Waals surface area contributed by atoms with E-state index in [9.17, 15) is 4.79 Å². The summed E-state index contributed by atoms with van der Waals surface area (Å²) < 4.78 is 7.47. The van der Waals surface area contributed by atoms with Crippen molar-refractivity contribution in [3.63, 3.8) is 0 Å². The van der Waals surface area contributed by atoms with E-state index in [1.807, 2.05) is 30.5 Å². The zero-order valence-corrected chi connectivity index (χ0v) is 13.0. The van der Waals surface area contributed by atoms with E-state index in [2.05, 4.69) is 20.5 Å². The first kappa shape index (κ1) is 15.5. The predicted octanol–water partition coefficient (Wildman–Crippen LogP) is 0.679. The van der Waals surface area contributed by atoms with Crippen LogP contribution in [0.1, 0.15) is 12.0 Å². The van der Waals surface area contributed by atoms with Crippen molar-refractivity contribution in [2.45, 2.75) is 19.5 Å². The molecule has 1 N–H and O–H groups in total. The largest absolute Gasteiger partial charge is 0.492 e. The topological polar surface area (TPSA) is 72.3 Å². The fourth-order valence-corrected chi connectivity index (χ4v) is 2.59. The monoisotopic (exact) mass is 315 g/mol. The molecule has 7 nitrogen and oxygen atoms in total. The number of amides is 1. The van der Waals surface area contributed by atoms with Gasteiger partial charge in [-0.2, -0.15) is 0 Å². The number of para-hydroxylation sites is 1. The molecule has 1 aliphatic rings. The molecular formula is C16H21N5O2. The summed E-state index contributed by atoms with van der Waals surface area (Å²) in [6.07, 6.45) is 4.30. The van der Waals surface area contributed by atoms with E-state index in [1.165, 1.54) is 0 Å². The summed E-state index contributed by atoms with van der Waals surface area (Å²) in [7, 11) is 0. The van der Waals surface area contributed by atoms with Crippen LogP contribution in [0, 0.1) is 0 Å². The SMILES string of the molecule is O=C(CN1CCOc2ccccc2C1)NCCCn1ccnn1. The number of hydrogen-bond donors (Lipinski definition) is 1. The minimum atomic E-state index is 0.0444. The van der Waals surface area contributed by atoms with Crippen LogP contribution in [0.4, 0.5) is 0 Å². The number of carbonyl (C=O) groups excluding carboxylic acids is 1. The fraction of sp³-hybridized carbons (Fsp3) is 0.438. The molecule has 7 heteroatoms. The van der Waals surface area contributed by atoms with Crippen molar-refractivity contribution in [2.75, 3.05) is 26.2 Å². The summed E-state index contributed by atoms with van der Waals surface area (Å²) in [6.45, 7) is 3.88. The number of carbonyl (C=O) groups is 1. The lowest BCUT2D eigenvalue weighted by molar-refractivity contribution is -0.122. The Kier molecular flexibility index (Phi) is 5.21. The quantitative estimate of drug-likeness (QED) is 0.794. The molecule has 1 aromatic carbocycles. The number of ether oxygens (including phenoxy) is 1. The van der Waals surface area contributed by atoms with Gasteiger partial charge in [-0.1, -0.05) is 23.4 Å². The Morgan fingerprint density at radius 3 is 3.13 bits per heavy atom. The Labute approximate surface area is 135 Å². The van der Waals surface area contributed by atoms with Crippen LogP contribution in [0.25, 0.3) is 0 Å². The maximum absolute atomic E-state index is 12.1. The molecule has 0 saturated heterocycles. The number of aromatic nitrogens is 3. The van der Waals surface area contributed by atoms with Crippen molar-refractivity contribution in [1.82, 2.24) is 25.2 Å². The summed E-state index contributed by atoms with van der Waals surface area (Å²) >= 11 is 0. The number of nitrogens with one attached hydrogen (secondary N) is 1. The Morgan fingerprint density at radius 1 is 1.35 bits per heavy atom. The molecule has 0 aliphatic carbocycles. The summed E-state index contributed by atoms with van der Waals surface area (Å²) in [5, 5.41) is 10.6. The average Bonchev–Trinajstić information content (AvgIpc) is 2.98. The minimum absolute atomic E-state index is 0.0444. The van der Waals surface area contributed by atoms with Crippen LogP contribution >= 0.6 is 0 Å². The van der Waals surface area contributed by atoms with Crippen LogP contribution in [-0.4, -0.2) is 52.0 Å². The summed E-state index contributed by atoms with van der Waals surface area (Å²) in [5.41, 5.74) is 1.13. The van der Waals surface area contributed by atoms with Gasteiger partial charge in [0.15, 0.2) is 0 Å². The van der Waals surface area contributed by atoms with Crippen LogP contribution in [0.2, 0.25) is 0 Å². The van der Waals surface area contributed by atoms with Gasteiger partial charge in [-0.15, -0.1) is 5.10 Å². The van der Waals surface area contributed by atoms with Crippen molar-refractivity contribution < 1.29 is 9.53 Å². The molecule has 23 heavy (non-hydrogen) atoms. The second-order valence-electron chi connectivity index (χ2n) is 5.54. The van der Waals surface area contributed by atoms with E-state index < -0.39 is 0 Å². The van der Waals surface area contributed by atoms with Gasteiger partial charge in [0.25, 0.3) is 0 Å². The van der Waals surface area contributed by atoms with Gasteiger partial charge in [-0.3, -0.25) is 14.4 Å². The van der Waals surface area contributed by atoms with E-state index in [-0.39, 0.29) is 5.91 Å². The lowest BCUT2D eigenvalue weighted by Gasteiger charge is -2.18. The first-order valence-electron chi connectivity index (χ1n) is 7.85. The molecule has 0 radical (unpaired) electrons. The Hall–Kier alpha value is -2.41. The molecule has 0 atom stereocenters. The third-order valence-corrected chi connectivity index (χ3v) is 3.76. The highest BCUT2D eigenvalue weighted by molar-refractivity contribution is 5.78. The number of rotatable bonds is 6. The number of nitrogens with zero attached hydrogens (tertiary/aromatic N) is 4. The first-order valence-corrected chi connectivity index (χ1v) is 7.85. The highest BCUT2D eigenvalue weighted by Crippen LogP contribution is 2.21. The lowest BCUT2D eigenvalue weighted by atomic mass is 10.2. The standard InChI is InChI=1S/C16H21N5O2/c22-16(17-6-3-8-21-9-7-18-19-21)13-20-10-11-23-15-5-2-1-4-14(15)12-20/h1-2,4-5,7,9H,3,6,8,10-13H2,(H,17,22). The van der Waals surface area contributed by atoms with E-state index in [0.717, 1.165) is 37.4 Å². The van der Waals surface area contributed by atoms with Crippen molar-refractivity contribution in [2.24, 2.45) is 0 Å². The molecule has 0 fully saturated rings. The Balaban J connectivity index is 1.41. The van der Waals surface area contributed by atoms with E-state index in [1.54, 1.807) is 10.9 Å². The van der Waals surface area contributed by atoms with Gasteiger partial charge in [0, 0.05) is 37.9 Å².